The van der Waals surface area contributed by atoms with Gasteiger partial charge in [-0.3, -0.25) is 4.79 Å². The van der Waals surface area contributed by atoms with Crippen LogP contribution in [-0.2, 0) is 4.79 Å². The monoisotopic (exact) mass is 517 g/mol. The molecule has 9 heteroatoms. The van der Waals surface area contributed by atoms with Gasteiger partial charge in [-0.25, -0.2) is 4.39 Å². The van der Waals surface area contributed by atoms with Crippen LogP contribution in [0.25, 0.3) is 6.08 Å². The predicted molar refractivity (Wildman–Crippen MR) is 141 cm³/mol. The van der Waals surface area contributed by atoms with Crippen LogP contribution in [0.2, 0.25) is 5.02 Å². The molecule has 1 amide bonds. The van der Waals surface area contributed by atoms with Gasteiger partial charge in [0, 0.05) is 32.3 Å². The van der Waals surface area contributed by atoms with E-state index in [0.29, 0.717) is 32.9 Å². The number of nitrogens with zero attached hydrogens (tertiary/aromatic N) is 2. The Balaban J connectivity index is 1.33. The Hall–Kier alpha value is -2.84. The van der Waals surface area contributed by atoms with E-state index >= 15 is 0 Å². The van der Waals surface area contributed by atoms with Gasteiger partial charge >= 0.3 is 0 Å². The molecule has 2 aromatic carbocycles. The maximum Gasteiger partial charge on any atom is 0.246 e. The maximum absolute atomic E-state index is 13.9. The fourth-order valence-corrected chi connectivity index (χ4v) is 5.36. The number of amides is 1. The van der Waals surface area contributed by atoms with E-state index in [1.807, 2.05) is 4.90 Å². The van der Waals surface area contributed by atoms with Crippen LogP contribution in [0.5, 0.6) is 11.5 Å². The van der Waals surface area contributed by atoms with Crippen LogP contribution in [0.1, 0.15) is 24.8 Å². The molecule has 2 aliphatic rings. The Bertz CT molecular complexity index is 1130. The second-order valence-electron chi connectivity index (χ2n) is 8.94. The minimum absolute atomic E-state index is 0.0353. The summed E-state index contributed by atoms with van der Waals surface area (Å²) in [5.41, 5.74) is 1.17. The molecule has 1 N–H and O–H groups in total. The van der Waals surface area contributed by atoms with Crippen molar-refractivity contribution >= 4 is 46.6 Å². The zero-order chi connectivity index (χ0) is 25.0. The third-order valence-corrected chi connectivity index (χ3v) is 7.65. The number of para-hydroxylation sites is 1. The van der Waals surface area contributed by atoms with Crippen molar-refractivity contribution in [1.29, 1.82) is 0 Å². The zero-order valence-electron chi connectivity index (χ0n) is 19.9. The number of likely N-dealkylation sites (tertiary alicyclic amines) is 2. The molecule has 1 spiro atoms. The van der Waals surface area contributed by atoms with Crippen LogP contribution in [0.4, 0.5) is 10.1 Å². The molecule has 2 heterocycles. The number of benzene rings is 2. The van der Waals surface area contributed by atoms with Crippen LogP contribution in [0.15, 0.2) is 42.5 Å². The van der Waals surface area contributed by atoms with Crippen LogP contribution < -0.4 is 14.8 Å². The van der Waals surface area contributed by atoms with Crippen molar-refractivity contribution < 1.29 is 18.7 Å². The number of hydrogen-bond acceptors (Lipinski definition) is 4. The molecule has 6 nitrogen and oxygen atoms in total. The molecular weight excluding hydrogens is 489 g/mol. The number of rotatable bonds is 5. The van der Waals surface area contributed by atoms with Gasteiger partial charge in [-0.1, -0.05) is 23.7 Å². The number of anilines is 1. The first-order valence-corrected chi connectivity index (χ1v) is 12.3. The molecule has 0 aromatic heterocycles. The standard InChI is InChI=1S/C26H29ClFN3O3S/c1-33-21-9-7-18(23(27)24(21)34-2)8-10-22(32)31-16-13-26(17-31)11-14-30(15-12-26)25(35)29-20-6-4-3-5-19(20)28/h3-10H,11-17H2,1-2H3,(H,29,35). The molecule has 0 bridgehead atoms. The Labute approximate surface area is 215 Å². The summed E-state index contributed by atoms with van der Waals surface area (Å²) in [6.07, 6.45) is 6.11. The molecule has 0 atom stereocenters. The highest BCUT2D eigenvalue weighted by Crippen LogP contribution is 2.41. The van der Waals surface area contributed by atoms with E-state index in [0.717, 1.165) is 45.4 Å². The first-order valence-electron chi connectivity index (χ1n) is 11.5. The second-order valence-corrected chi connectivity index (χ2v) is 9.71. The molecule has 2 saturated heterocycles. The molecule has 0 unspecified atom stereocenters. The number of carbonyl (C=O) groups excluding carboxylic acids is 1. The minimum Gasteiger partial charge on any atom is -0.493 e. The van der Waals surface area contributed by atoms with E-state index in [2.05, 4.69) is 10.2 Å². The van der Waals surface area contributed by atoms with E-state index in [1.54, 1.807) is 49.6 Å². The number of piperidine rings is 1. The molecule has 2 aromatic rings. The largest absolute Gasteiger partial charge is 0.493 e. The van der Waals surface area contributed by atoms with Gasteiger partial charge in [0.25, 0.3) is 0 Å². The second kappa shape index (κ2) is 10.8. The topological polar surface area (TPSA) is 54.0 Å². The fraction of sp³-hybridized carbons (Fsp3) is 0.385. The number of methoxy groups -OCH3 is 2. The highest BCUT2D eigenvalue weighted by atomic mass is 35.5. The van der Waals surface area contributed by atoms with Crippen LogP contribution in [-0.4, -0.2) is 61.2 Å². The van der Waals surface area contributed by atoms with Gasteiger partial charge in [0.2, 0.25) is 5.91 Å². The van der Waals surface area contributed by atoms with Gasteiger partial charge in [-0.2, -0.15) is 0 Å². The Kier molecular flexibility index (Phi) is 7.82. The number of nitrogens with one attached hydrogen (secondary N) is 1. The molecule has 0 aliphatic carbocycles. The van der Waals surface area contributed by atoms with E-state index in [1.165, 1.54) is 13.2 Å². The zero-order valence-corrected chi connectivity index (χ0v) is 21.4. The van der Waals surface area contributed by atoms with Crippen molar-refractivity contribution in [1.82, 2.24) is 9.80 Å². The van der Waals surface area contributed by atoms with Gasteiger partial charge in [0.1, 0.15) is 5.82 Å². The van der Waals surface area contributed by atoms with E-state index in [9.17, 15) is 9.18 Å². The summed E-state index contributed by atoms with van der Waals surface area (Å²) in [6, 6.07) is 10.1. The van der Waals surface area contributed by atoms with Gasteiger partial charge < -0.3 is 24.6 Å². The average Bonchev–Trinajstić information content (AvgIpc) is 3.28. The van der Waals surface area contributed by atoms with Crippen molar-refractivity contribution in [2.75, 3.05) is 45.7 Å². The average molecular weight is 518 g/mol. The fourth-order valence-electron chi connectivity index (χ4n) is 4.77. The highest BCUT2D eigenvalue weighted by Gasteiger charge is 2.42. The van der Waals surface area contributed by atoms with Crippen LogP contribution in [0.3, 0.4) is 0 Å². The Morgan fingerprint density at radius 3 is 2.43 bits per heavy atom. The molecular formula is C26H29ClFN3O3S. The highest BCUT2D eigenvalue weighted by molar-refractivity contribution is 7.80. The molecule has 35 heavy (non-hydrogen) atoms. The predicted octanol–water partition coefficient (Wildman–Crippen LogP) is 5.22. The Morgan fingerprint density at radius 2 is 1.77 bits per heavy atom. The lowest BCUT2D eigenvalue weighted by Gasteiger charge is -2.40. The minimum atomic E-state index is -0.323. The van der Waals surface area contributed by atoms with Crippen molar-refractivity contribution in [2.45, 2.75) is 19.3 Å². The number of thiocarbonyl (C=S) groups is 1. The van der Waals surface area contributed by atoms with Gasteiger partial charge in [0.15, 0.2) is 16.6 Å². The third-order valence-electron chi connectivity index (χ3n) is 6.90. The molecule has 0 saturated carbocycles. The van der Waals surface area contributed by atoms with Crippen molar-refractivity contribution in [3.05, 3.63) is 58.9 Å². The van der Waals surface area contributed by atoms with Crippen LogP contribution >= 0.6 is 23.8 Å². The quantitative estimate of drug-likeness (QED) is 0.433. The molecule has 0 radical (unpaired) electrons. The summed E-state index contributed by atoms with van der Waals surface area (Å²) in [5.74, 6) is 0.623. The van der Waals surface area contributed by atoms with E-state index < -0.39 is 0 Å². The van der Waals surface area contributed by atoms with Crippen molar-refractivity contribution in [3.63, 3.8) is 0 Å². The molecule has 2 aliphatic heterocycles. The summed E-state index contributed by atoms with van der Waals surface area (Å²) in [5, 5.41) is 3.96. The molecule has 2 fully saturated rings. The first-order chi connectivity index (χ1) is 16.9. The van der Waals surface area contributed by atoms with Gasteiger partial charge in [0.05, 0.1) is 24.9 Å². The molecule has 4 rings (SSSR count). The summed E-state index contributed by atoms with van der Waals surface area (Å²) < 4.78 is 24.5. The normalized spacial score (nSPS) is 17.1. The number of ether oxygens (including phenoxy) is 2. The maximum atomic E-state index is 13.9. The van der Waals surface area contributed by atoms with Crippen LogP contribution in [0, 0.1) is 11.2 Å². The third kappa shape index (κ3) is 5.54. The molecule has 186 valence electrons. The lowest BCUT2D eigenvalue weighted by atomic mass is 9.78. The van der Waals surface area contributed by atoms with Gasteiger partial charge in [-0.05, 0) is 72.8 Å². The number of halogens is 2. The Morgan fingerprint density at radius 1 is 1.09 bits per heavy atom. The summed E-state index contributed by atoms with van der Waals surface area (Å²) in [4.78, 5) is 16.9. The smallest absolute Gasteiger partial charge is 0.246 e. The van der Waals surface area contributed by atoms with E-state index in [4.69, 9.17) is 33.3 Å². The summed E-state index contributed by atoms with van der Waals surface area (Å²) in [6.45, 7) is 3.00. The SMILES string of the molecule is COc1ccc(C=CC(=O)N2CCC3(CCN(C(=S)Nc4ccccc4F)CC3)C2)c(Cl)c1OC. The lowest BCUT2D eigenvalue weighted by molar-refractivity contribution is -0.125. The summed E-state index contributed by atoms with van der Waals surface area (Å²) in [7, 11) is 3.08. The first kappa shape index (κ1) is 25.3. The lowest BCUT2D eigenvalue weighted by Crippen LogP contribution is -2.46. The summed E-state index contributed by atoms with van der Waals surface area (Å²) >= 11 is 11.9. The number of carbonyl (C=O) groups is 1. The van der Waals surface area contributed by atoms with Gasteiger partial charge in [-0.15, -0.1) is 0 Å². The van der Waals surface area contributed by atoms with Crippen molar-refractivity contribution in [2.24, 2.45) is 5.41 Å². The number of hydrogen-bond donors (Lipinski definition) is 1. The van der Waals surface area contributed by atoms with E-state index in [-0.39, 0.29) is 17.1 Å². The van der Waals surface area contributed by atoms with Crippen molar-refractivity contribution in [3.8, 4) is 11.5 Å².